The van der Waals surface area contributed by atoms with Crippen LogP contribution in [0.25, 0.3) is 10.9 Å². The number of nitrogens with zero attached hydrogens (tertiary/aromatic N) is 4. The number of hydrogen-bond donors (Lipinski definition) is 1. The minimum Gasteiger partial charge on any atom is -0.376 e. The van der Waals surface area contributed by atoms with Gasteiger partial charge in [0.15, 0.2) is 5.82 Å². The van der Waals surface area contributed by atoms with Crippen LogP contribution in [0.15, 0.2) is 30.5 Å². The van der Waals surface area contributed by atoms with Gasteiger partial charge in [-0.15, -0.1) is 5.10 Å². The van der Waals surface area contributed by atoms with Crippen molar-refractivity contribution in [2.75, 3.05) is 24.3 Å². The number of hydrogen-bond acceptors (Lipinski definition) is 5. The predicted molar refractivity (Wildman–Crippen MR) is 94.9 cm³/mol. The van der Waals surface area contributed by atoms with E-state index >= 15 is 0 Å². The second kappa shape index (κ2) is 6.39. The topological polar surface area (TPSA) is 53.9 Å². The highest BCUT2D eigenvalue weighted by Crippen LogP contribution is 2.25. The summed E-state index contributed by atoms with van der Waals surface area (Å²) < 4.78 is 13.7. The zero-order chi connectivity index (χ0) is 17.3. The Balaban J connectivity index is 1.98. The molecule has 3 aromatic rings. The molecule has 2 aromatic heterocycles. The molecule has 0 fully saturated rings. The van der Waals surface area contributed by atoms with Gasteiger partial charge in [-0.05, 0) is 37.1 Å². The van der Waals surface area contributed by atoms with Crippen molar-refractivity contribution in [2.45, 2.75) is 20.4 Å². The van der Waals surface area contributed by atoms with E-state index in [4.69, 9.17) is 0 Å². The Labute approximate surface area is 140 Å². The highest BCUT2D eigenvalue weighted by Gasteiger charge is 2.11. The summed E-state index contributed by atoms with van der Waals surface area (Å²) in [7, 11) is 3.93. The fourth-order valence-corrected chi connectivity index (χ4v) is 2.55. The Hall–Kier alpha value is -2.76. The number of benzene rings is 1. The van der Waals surface area contributed by atoms with Gasteiger partial charge < -0.3 is 10.2 Å². The van der Waals surface area contributed by atoms with Crippen LogP contribution in [0.1, 0.15) is 16.8 Å². The van der Waals surface area contributed by atoms with Gasteiger partial charge in [-0.2, -0.15) is 5.10 Å². The van der Waals surface area contributed by atoms with Gasteiger partial charge in [-0.25, -0.2) is 4.39 Å². The number of halogens is 1. The van der Waals surface area contributed by atoms with Gasteiger partial charge >= 0.3 is 0 Å². The average Bonchev–Trinajstić information content (AvgIpc) is 2.57. The Morgan fingerprint density at radius 1 is 1.17 bits per heavy atom. The van der Waals surface area contributed by atoms with Crippen molar-refractivity contribution in [3.8, 4) is 0 Å². The molecule has 0 saturated heterocycles. The van der Waals surface area contributed by atoms with Crippen molar-refractivity contribution in [1.29, 1.82) is 0 Å². The average molecular weight is 325 g/mol. The molecule has 1 N–H and O–H groups in total. The number of rotatable bonds is 4. The van der Waals surface area contributed by atoms with E-state index in [1.165, 1.54) is 6.07 Å². The first-order valence-corrected chi connectivity index (χ1v) is 7.75. The third-order valence-electron chi connectivity index (χ3n) is 4.11. The molecule has 0 aliphatic carbocycles. The van der Waals surface area contributed by atoms with Gasteiger partial charge in [-0.1, -0.05) is 12.1 Å². The molecular formula is C18H20FN5. The summed E-state index contributed by atoms with van der Waals surface area (Å²) in [6, 6.07) is 7.11. The maximum atomic E-state index is 13.7. The van der Waals surface area contributed by atoms with Gasteiger partial charge in [0, 0.05) is 26.0 Å². The fraction of sp³-hybridized carbons (Fsp3) is 0.278. The van der Waals surface area contributed by atoms with Crippen LogP contribution in [-0.2, 0) is 6.54 Å². The number of pyridine rings is 1. The first-order valence-electron chi connectivity index (χ1n) is 7.75. The predicted octanol–water partition coefficient (Wildman–Crippen LogP) is 3.46. The van der Waals surface area contributed by atoms with Crippen LogP contribution in [0, 0.1) is 19.7 Å². The van der Waals surface area contributed by atoms with E-state index in [9.17, 15) is 4.39 Å². The van der Waals surface area contributed by atoms with Crippen molar-refractivity contribution in [1.82, 2.24) is 15.2 Å². The first-order chi connectivity index (χ1) is 11.5. The standard InChI is InChI=1S/C18H20FN5/c1-11-13(6-5-7-16(11)19)9-21-18-15-8-14(24(3)4)10-20-17(15)12(2)22-23-18/h5-8,10H,9H2,1-4H3,(H,21,23). The second-order valence-electron chi connectivity index (χ2n) is 6.00. The molecule has 0 bridgehead atoms. The summed E-state index contributed by atoms with van der Waals surface area (Å²) in [6.45, 7) is 4.14. The normalized spacial score (nSPS) is 10.9. The van der Waals surface area contributed by atoms with E-state index in [1.807, 2.05) is 44.2 Å². The highest BCUT2D eigenvalue weighted by molar-refractivity contribution is 5.92. The monoisotopic (exact) mass is 325 g/mol. The van der Waals surface area contributed by atoms with E-state index < -0.39 is 0 Å². The molecule has 0 aliphatic rings. The van der Waals surface area contributed by atoms with E-state index in [-0.39, 0.29) is 5.82 Å². The number of fused-ring (bicyclic) bond motifs is 1. The molecule has 1 aromatic carbocycles. The van der Waals surface area contributed by atoms with Crippen molar-refractivity contribution < 1.29 is 4.39 Å². The number of nitrogens with one attached hydrogen (secondary N) is 1. The summed E-state index contributed by atoms with van der Waals surface area (Å²) in [5, 5.41) is 12.6. The molecular weight excluding hydrogens is 305 g/mol. The minimum atomic E-state index is -0.203. The smallest absolute Gasteiger partial charge is 0.158 e. The van der Waals surface area contributed by atoms with Crippen LogP contribution in [-0.4, -0.2) is 29.3 Å². The second-order valence-corrected chi connectivity index (χ2v) is 6.00. The third kappa shape index (κ3) is 2.99. The maximum absolute atomic E-state index is 13.7. The number of anilines is 2. The Morgan fingerprint density at radius 2 is 1.96 bits per heavy atom. The summed E-state index contributed by atoms with van der Waals surface area (Å²) in [4.78, 5) is 6.49. The Bertz CT molecular complexity index is 892. The van der Waals surface area contributed by atoms with Crippen molar-refractivity contribution in [2.24, 2.45) is 0 Å². The lowest BCUT2D eigenvalue weighted by Gasteiger charge is -2.15. The van der Waals surface area contributed by atoms with E-state index in [1.54, 1.807) is 13.0 Å². The molecule has 6 heteroatoms. The summed E-state index contributed by atoms with van der Waals surface area (Å²) in [6.07, 6.45) is 1.82. The van der Waals surface area contributed by atoms with Crippen LogP contribution in [0.2, 0.25) is 0 Å². The van der Waals surface area contributed by atoms with Gasteiger partial charge in [0.1, 0.15) is 5.82 Å². The lowest BCUT2D eigenvalue weighted by Crippen LogP contribution is -2.10. The van der Waals surface area contributed by atoms with Crippen molar-refractivity contribution >= 4 is 22.4 Å². The minimum absolute atomic E-state index is 0.203. The maximum Gasteiger partial charge on any atom is 0.158 e. The molecule has 0 radical (unpaired) electrons. The molecule has 0 aliphatic heterocycles. The Kier molecular flexibility index (Phi) is 4.29. The van der Waals surface area contributed by atoms with E-state index in [0.29, 0.717) is 17.9 Å². The van der Waals surface area contributed by atoms with Crippen LogP contribution in [0.3, 0.4) is 0 Å². The first kappa shape index (κ1) is 16.1. The molecule has 0 atom stereocenters. The highest BCUT2D eigenvalue weighted by atomic mass is 19.1. The van der Waals surface area contributed by atoms with Gasteiger partial charge in [0.25, 0.3) is 0 Å². The number of aromatic nitrogens is 3. The van der Waals surface area contributed by atoms with E-state index in [0.717, 1.165) is 27.8 Å². The zero-order valence-electron chi connectivity index (χ0n) is 14.3. The van der Waals surface area contributed by atoms with Crippen molar-refractivity contribution in [3.63, 3.8) is 0 Å². The molecule has 0 unspecified atom stereocenters. The van der Waals surface area contributed by atoms with E-state index in [2.05, 4.69) is 20.5 Å². The van der Waals surface area contributed by atoms with Crippen molar-refractivity contribution in [3.05, 3.63) is 53.1 Å². The van der Waals surface area contributed by atoms with Gasteiger partial charge in [0.2, 0.25) is 0 Å². The van der Waals surface area contributed by atoms with Crippen LogP contribution >= 0.6 is 0 Å². The lowest BCUT2D eigenvalue weighted by molar-refractivity contribution is 0.616. The lowest BCUT2D eigenvalue weighted by atomic mass is 10.1. The van der Waals surface area contributed by atoms with Crippen LogP contribution in [0.4, 0.5) is 15.9 Å². The quantitative estimate of drug-likeness (QED) is 0.796. The molecule has 0 amide bonds. The molecule has 124 valence electrons. The molecule has 0 saturated carbocycles. The SMILES string of the molecule is Cc1c(F)cccc1CNc1nnc(C)c2ncc(N(C)C)cc12. The molecule has 5 nitrogen and oxygen atoms in total. The molecule has 3 rings (SSSR count). The van der Waals surface area contributed by atoms with Crippen LogP contribution < -0.4 is 10.2 Å². The molecule has 2 heterocycles. The Morgan fingerprint density at radius 3 is 2.71 bits per heavy atom. The fourth-order valence-electron chi connectivity index (χ4n) is 2.55. The largest absolute Gasteiger partial charge is 0.376 e. The third-order valence-corrected chi connectivity index (χ3v) is 4.11. The van der Waals surface area contributed by atoms with Gasteiger partial charge in [0.05, 0.1) is 23.1 Å². The van der Waals surface area contributed by atoms with Gasteiger partial charge in [-0.3, -0.25) is 4.98 Å². The summed E-state index contributed by atoms with van der Waals surface area (Å²) in [5.41, 5.74) is 4.11. The summed E-state index contributed by atoms with van der Waals surface area (Å²) >= 11 is 0. The zero-order valence-corrected chi connectivity index (χ0v) is 14.3. The van der Waals surface area contributed by atoms with Crippen LogP contribution in [0.5, 0.6) is 0 Å². The summed E-state index contributed by atoms with van der Waals surface area (Å²) in [5.74, 6) is 0.446. The number of aryl methyl sites for hydroxylation is 1. The molecule has 24 heavy (non-hydrogen) atoms. The molecule has 0 spiro atoms.